The number of allylic oxidation sites excluding steroid dienone is 10. The van der Waals surface area contributed by atoms with Crippen LogP contribution in [-0.4, -0.2) is 37.2 Å². The first-order valence-electron chi connectivity index (χ1n) is 28.8. The van der Waals surface area contributed by atoms with Crippen molar-refractivity contribution in [3.8, 4) is 0 Å². The highest BCUT2D eigenvalue weighted by molar-refractivity contribution is 5.71. The Hall–Kier alpha value is -2.89. The van der Waals surface area contributed by atoms with Crippen molar-refractivity contribution in [3.05, 3.63) is 60.8 Å². The molecule has 6 heteroatoms. The van der Waals surface area contributed by atoms with Crippen molar-refractivity contribution in [1.29, 1.82) is 0 Å². The SMILES string of the molecule is CCCCC/C=C\C=C/CCCCCCCCC(=O)OCC(COC(=O)CCC/C=C\C/C=C\C/C=C\CCCCCCCC)OC(=O)CCCCCCCCCCCCCCCCCCC. The Bertz CT molecular complexity index is 1210. The third-order valence-electron chi connectivity index (χ3n) is 12.5. The zero-order chi connectivity index (χ0) is 48.6. The highest BCUT2D eigenvalue weighted by atomic mass is 16.6. The summed E-state index contributed by atoms with van der Waals surface area (Å²) in [5.74, 6) is -0.946. The van der Waals surface area contributed by atoms with Crippen LogP contribution in [0, 0.1) is 0 Å². The second kappa shape index (κ2) is 55.7. The van der Waals surface area contributed by atoms with Crippen molar-refractivity contribution < 1.29 is 28.6 Å². The van der Waals surface area contributed by atoms with Crippen LogP contribution >= 0.6 is 0 Å². The molecule has 0 saturated heterocycles. The van der Waals surface area contributed by atoms with E-state index in [0.29, 0.717) is 19.3 Å². The van der Waals surface area contributed by atoms with Crippen molar-refractivity contribution in [2.24, 2.45) is 0 Å². The van der Waals surface area contributed by atoms with Gasteiger partial charge >= 0.3 is 17.9 Å². The van der Waals surface area contributed by atoms with E-state index in [1.807, 2.05) is 0 Å². The minimum Gasteiger partial charge on any atom is -0.462 e. The van der Waals surface area contributed by atoms with Crippen LogP contribution in [0.4, 0.5) is 0 Å². The van der Waals surface area contributed by atoms with Gasteiger partial charge in [0.25, 0.3) is 0 Å². The summed E-state index contributed by atoms with van der Waals surface area (Å²) in [6, 6.07) is 0. The molecule has 0 aliphatic heterocycles. The predicted molar refractivity (Wildman–Crippen MR) is 288 cm³/mol. The Balaban J connectivity index is 4.44. The van der Waals surface area contributed by atoms with Crippen molar-refractivity contribution in [2.45, 2.75) is 297 Å². The van der Waals surface area contributed by atoms with Gasteiger partial charge in [0.15, 0.2) is 6.10 Å². The van der Waals surface area contributed by atoms with Crippen molar-refractivity contribution >= 4 is 17.9 Å². The lowest BCUT2D eigenvalue weighted by molar-refractivity contribution is -0.167. The number of rotatable bonds is 52. The minimum atomic E-state index is -0.797. The fraction of sp³-hybridized carbons (Fsp3) is 0.787. The third kappa shape index (κ3) is 53.9. The van der Waals surface area contributed by atoms with Crippen LogP contribution in [0.25, 0.3) is 0 Å². The number of unbranched alkanes of at least 4 members (excludes halogenated alkanes) is 32. The highest BCUT2D eigenvalue weighted by Crippen LogP contribution is 2.16. The van der Waals surface area contributed by atoms with E-state index in [9.17, 15) is 14.4 Å². The molecule has 0 aromatic heterocycles. The Kier molecular flexibility index (Phi) is 53.3. The third-order valence-corrected chi connectivity index (χ3v) is 12.5. The lowest BCUT2D eigenvalue weighted by atomic mass is 10.0. The lowest BCUT2D eigenvalue weighted by Crippen LogP contribution is -2.30. The summed E-state index contributed by atoms with van der Waals surface area (Å²) in [7, 11) is 0. The van der Waals surface area contributed by atoms with E-state index in [1.165, 1.54) is 180 Å². The zero-order valence-corrected chi connectivity index (χ0v) is 44.4. The number of esters is 3. The van der Waals surface area contributed by atoms with E-state index in [0.717, 1.165) is 64.2 Å². The summed E-state index contributed by atoms with van der Waals surface area (Å²) in [5, 5.41) is 0. The maximum atomic E-state index is 12.9. The van der Waals surface area contributed by atoms with Gasteiger partial charge in [-0.2, -0.15) is 0 Å². The molecule has 0 aliphatic carbocycles. The first-order valence-corrected chi connectivity index (χ1v) is 28.8. The van der Waals surface area contributed by atoms with E-state index in [1.54, 1.807) is 0 Å². The molecule has 1 atom stereocenters. The van der Waals surface area contributed by atoms with Crippen LogP contribution in [0.5, 0.6) is 0 Å². The molecule has 388 valence electrons. The molecule has 0 bridgehead atoms. The normalized spacial score (nSPS) is 12.5. The standard InChI is InChI=1S/C61H108O6/c1-4-7-10-13-16-19-22-25-28-30-33-36-39-42-45-48-51-54-60(63)66-57-58(56-65-59(62)53-50-47-44-41-38-35-32-27-24-21-18-15-12-9-6-3)67-61(64)55-52-49-46-43-40-37-34-31-29-26-23-20-17-14-11-8-5-2/h18,21,24-25,27-28,33,36,42,45,58H,4-17,19-20,22-23,26,29-32,34-35,37-41,43-44,46-57H2,1-3H3/b21-18-,27-24-,28-25-,36-33-,45-42-. The number of ether oxygens (including phenoxy) is 3. The van der Waals surface area contributed by atoms with Crippen LogP contribution in [0.2, 0.25) is 0 Å². The van der Waals surface area contributed by atoms with Crippen molar-refractivity contribution in [1.82, 2.24) is 0 Å². The molecule has 0 amide bonds. The molecule has 0 fully saturated rings. The summed E-state index contributed by atoms with van der Waals surface area (Å²) in [4.78, 5) is 38.1. The smallest absolute Gasteiger partial charge is 0.306 e. The van der Waals surface area contributed by atoms with Gasteiger partial charge in [0, 0.05) is 19.3 Å². The number of hydrogen-bond donors (Lipinski definition) is 0. The first-order chi connectivity index (χ1) is 33.0. The number of hydrogen-bond acceptors (Lipinski definition) is 6. The molecule has 0 aromatic rings. The molecule has 0 aromatic carbocycles. The first kappa shape index (κ1) is 64.1. The van der Waals surface area contributed by atoms with Gasteiger partial charge in [-0.3, -0.25) is 14.4 Å². The fourth-order valence-electron chi connectivity index (χ4n) is 8.16. The van der Waals surface area contributed by atoms with Gasteiger partial charge in [-0.1, -0.05) is 255 Å². The van der Waals surface area contributed by atoms with Gasteiger partial charge in [0.2, 0.25) is 0 Å². The van der Waals surface area contributed by atoms with Gasteiger partial charge in [-0.25, -0.2) is 0 Å². The molecule has 0 radical (unpaired) electrons. The highest BCUT2D eigenvalue weighted by Gasteiger charge is 2.19. The Morgan fingerprint density at radius 3 is 1.01 bits per heavy atom. The minimum absolute atomic E-state index is 0.0937. The van der Waals surface area contributed by atoms with Gasteiger partial charge in [0.1, 0.15) is 13.2 Å². The Labute approximate surface area is 415 Å². The quantitative estimate of drug-likeness (QED) is 0.0199. The molecule has 6 nitrogen and oxygen atoms in total. The molecular weight excluding hydrogens is 829 g/mol. The maximum Gasteiger partial charge on any atom is 0.306 e. The van der Waals surface area contributed by atoms with Crippen molar-refractivity contribution in [3.63, 3.8) is 0 Å². The van der Waals surface area contributed by atoms with E-state index in [2.05, 4.69) is 81.5 Å². The second-order valence-electron chi connectivity index (χ2n) is 19.2. The van der Waals surface area contributed by atoms with Gasteiger partial charge in [-0.05, 0) is 77.0 Å². The van der Waals surface area contributed by atoms with Crippen LogP contribution in [-0.2, 0) is 28.6 Å². The largest absolute Gasteiger partial charge is 0.462 e. The van der Waals surface area contributed by atoms with Crippen LogP contribution in [0.15, 0.2) is 60.8 Å². The van der Waals surface area contributed by atoms with Gasteiger partial charge < -0.3 is 14.2 Å². The molecule has 0 aliphatic rings. The van der Waals surface area contributed by atoms with Gasteiger partial charge in [0.05, 0.1) is 0 Å². The summed E-state index contributed by atoms with van der Waals surface area (Å²) < 4.78 is 16.8. The van der Waals surface area contributed by atoms with Crippen LogP contribution in [0.1, 0.15) is 290 Å². The summed E-state index contributed by atoms with van der Waals surface area (Å²) >= 11 is 0. The average molecular weight is 938 g/mol. The number of carbonyl (C=O) groups is 3. The monoisotopic (exact) mass is 937 g/mol. The van der Waals surface area contributed by atoms with Crippen molar-refractivity contribution in [2.75, 3.05) is 13.2 Å². The van der Waals surface area contributed by atoms with Crippen LogP contribution in [0.3, 0.4) is 0 Å². The summed E-state index contributed by atoms with van der Waals surface area (Å²) in [6.07, 6.45) is 69.3. The van der Waals surface area contributed by atoms with E-state index in [4.69, 9.17) is 14.2 Å². The van der Waals surface area contributed by atoms with E-state index < -0.39 is 6.10 Å². The summed E-state index contributed by atoms with van der Waals surface area (Å²) in [6.45, 7) is 6.58. The molecule has 1 unspecified atom stereocenters. The fourth-order valence-corrected chi connectivity index (χ4v) is 8.16. The van der Waals surface area contributed by atoms with Gasteiger partial charge in [-0.15, -0.1) is 0 Å². The molecule has 0 heterocycles. The Morgan fingerprint density at radius 2 is 0.597 bits per heavy atom. The number of carbonyl (C=O) groups excluding carboxylic acids is 3. The Morgan fingerprint density at radius 1 is 0.313 bits per heavy atom. The molecule has 0 N–H and O–H groups in total. The molecule has 0 rings (SSSR count). The van der Waals surface area contributed by atoms with Crippen LogP contribution < -0.4 is 0 Å². The van der Waals surface area contributed by atoms with E-state index in [-0.39, 0.29) is 37.5 Å². The predicted octanol–water partition coefficient (Wildman–Crippen LogP) is 19.2. The molecule has 0 spiro atoms. The summed E-state index contributed by atoms with van der Waals surface area (Å²) in [5.41, 5.74) is 0. The maximum absolute atomic E-state index is 12.9. The molecular formula is C61H108O6. The molecule has 0 saturated carbocycles. The lowest BCUT2D eigenvalue weighted by Gasteiger charge is -2.18. The average Bonchev–Trinajstić information content (AvgIpc) is 3.33. The topological polar surface area (TPSA) is 78.9 Å². The zero-order valence-electron chi connectivity index (χ0n) is 44.4. The second-order valence-corrected chi connectivity index (χ2v) is 19.2. The van der Waals surface area contributed by atoms with E-state index >= 15 is 0 Å². The molecule has 67 heavy (non-hydrogen) atoms.